The minimum Gasteiger partial charge on any atom is -0.247 e. The van der Waals surface area contributed by atoms with Crippen molar-refractivity contribution in [2.75, 3.05) is 0 Å². The molecule has 0 saturated heterocycles. The number of rotatable bonds is 2. The summed E-state index contributed by atoms with van der Waals surface area (Å²) in [5, 5.41) is 3.35. The largest absolute Gasteiger partial charge is 0.247 e. The molecule has 0 spiro atoms. The van der Waals surface area contributed by atoms with E-state index in [0.29, 0.717) is 5.41 Å². The van der Waals surface area contributed by atoms with Gasteiger partial charge < -0.3 is 0 Å². The third kappa shape index (κ3) is 3.35. The Kier molecular flexibility index (Phi) is 2.89. The van der Waals surface area contributed by atoms with Gasteiger partial charge in [-0.3, -0.25) is 0 Å². The van der Waals surface area contributed by atoms with Gasteiger partial charge in [0.15, 0.2) is 0 Å². The first-order chi connectivity index (χ1) is 5.47. The van der Waals surface area contributed by atoms with Crippen molar-refractivity contribution >= 4 is 11.3 Å². The summed E-state index contributed by atoms with van der Waals surface area (Å²) in [6.07, 6.45) is 2.34. The highest BCUT2D eigenvalue weighted by Crippen LogP contribution is 2.21. The molecule has 0 aliphatic carbocycles. The molecule has 1 aromatic rings. The lowest BCUT2D eigenvalue weighted by atomic mass is 9.90. The van der Waals surface area contributed by atoms with Crippen molar-refractivity contribution in [3.05, 3.63) is 16.1 Å². The highest BCUT2D eigenvalue weighted by Gasteiger charge is 2.10. The Bertz CT molecular complexity index is 245. The van der Waals surface area contributed by atoms with Gasteiger partial charge in [0.25, 0.3) is 0 Å². The molecule has 0 fully saturated rings. The second-order valence-electron chi connectivity index (χ2n) is 4.42. The van der Waals surface area contributed by atoms with Gasteiger partial charge in [-0.1, -0.05) is 20.8 Å². The molecule has 12 heavy (non-hydrogen) atoms. The van der Waals surface area contributed by atoms with Crippen LogP contribution in [0.15, 0.2) is 5.38 Å². The van der Waals surface area contributed by atoms with E-state index >= 15 is 0 Å². The van der Waals surface area contributed by atoms with Crippen LogP contribution in [0.5, 0.6) is 0 Å². The smallest absolute Gasteiger partial charge is 0.0897 e. The maximum atomic E-state index is 4.43. The molecule has 0 saturated carbocycles. The second-order valence-corrected chi connectivity index (χ2v) is 5.48. The highest BCUT2D eigenvalue weighted by molar-refractivity contribution is 7.09. The van der Waals surface area contributed by atoms with Gasteiger partial charge >= 0.3 is 0 Å². The Morgan fingerprint density at radius 3 is 2.50 bits per heavy atom. The van der Waals surface area contributed by atoms with Crippen molar-refractivity contribution in [3.63, 3.8) is 0 Å². The molecule has 0 aromatic carbocycles. The van der Waals surface area contributed by atoms with Gasteiger partial charge in [-0.05, 0) is 25.2 Å². The Hall–Kier alpha value is -0.370. The average Bonchev–Trinajstić information content (AvgIpc) is 2.30. The predicted molar refractivity (Wildman–Crippen MR) is 54.6 cm³/mol. The molecule has 0 aliphatic rings. The van der Waals surface area contributed by atoms with E-state index in [0.717, 1.165) is 6.42 Å². The zero-order valence-corrected chi connectivity index (χ0v) is 9.16. The van der Waals surface area contributed by atoms with Crippen molar-refractivity contribution in [2.24, 2.45) is 5.41 Å². The zero-order valence-electron chi connectivity index (χ0n) is 8.35. The van der Waals surface area contributed by atoms with E-state index in [1.54, 1.807) is 11.3 Å². The molecule has 1 rings (SSSR count). The quantitative estimate of drug-likeness (QED) is 0.684. The van der Waals surface area contributed by atoms with Crippen LogP contribution in [-0.4, -0.2) is 4.98 Å². The second kappa shape index (κ2) is 3.56. The van der Waals surface area contributed by atoms with Crippen molar-refractivity contribution in [1.82, 2.24) is 4.98 Å². The minimum absolute atomic E-state index is 0.428. The number of aryl methyl sites for hydroxylation is 2. The van der Waals surface area contributed by atoms with Gasteiger partial charge in [0, 0.05) is 5.38 Å². The first-order valence-electron chi connectivity index (χ1n) is 4.38. The average molecular weight is 183 g/mol. The van der Waals surface area contributed by atoms with Crippen LogP contribution in [-0.2, 0) is 6.42 Å². The molecule has 0 N–H and O–H groups in total. The summed E-state index contributed by atoms with van der Waals surface area (Å²) in [7, 11) is 0. The molecule has 1 nitrogen and oxygen atoms in total. The molecule has 2 heteroatoms. The molecule has 68 valence electrons. The molecular weight excluding hydrogens is 166 g/mol. The lowest BCUT2D eigenvalue weighted by Crippen LogP contribution is -2.06. The maximum absolute atomic E-state index is 4.43. The van der Waals surface area contributed by atoms with Crippen LogP contribution in [0.1, 0.15) is 37.9 Å². The van der Waals surface area contributed by atoms with E-state index in [-0.39, 0.29) is 0 Å². The third-order valence-electron chi connectivity index (χ3n) is 1.80. The fraction of sp³-hybridized carbons (Fsp3) is 0.700. The van der Waals surface area contributed by atoms with Crippen molar-refractivity contribution < 1.29 is 0 Å². The van der Waals surface area contributed by atoms with Crippen LogP contribution < -0.4 is 0 Å². The first-order valence-corrected chi connectivity index (χ1v) is 5.26. The lowest BCUT2D eigenvalue weighted by molar-refractivity contribution is 0.376. The van der Waals surface area contributed by atoms with Gasteiger partial charge in [0.05, 0.1) is 10.7 Å². The number of hydrogen-bond donors (Lipinski definition) is 0. The Labute approximate surface area is 78.8 Å². The molecule has 0 radical (unpaired) electrons. The SMILES string of the molecule is Cc1nc(CCC(C)(C)C)cs1. The lowest BCUT2D eigenvalue weighted by Gasteiger charge is -2.16. The summed E-state index contributed by atoms with van der Waals surface area (Å²) in [6, 6.07) is 0. The van der Waals surface area contributed by atoms with Gasteiger partial charge in [-0.15, -0.1) is 11.3 Å². The Morgan fingerprint density at radius 2 is 2.08 bits per heavy atom. The molecule has 0 aliphatic heterocycles. The Balaban J connectivity index is 2.44. The number of hydrogen-bond acceptors (Lipinski definition) is 2. The monoisotopic (exact) mass is 183 g/mol. The van der Waals surface area contributed by atoms with E-state index in [1.807, 2.05) is 0 Å². The normalized spacial score (nSPS) is 12.0. The van der Waals surface area contributed by atoms with E-state index in [2.05, 4.69) is 38.1 Å². The fourth-order valence-corrected chi connectivity index (χ4v) is 1.67. The van der Waals surface area contributed by atoms with E-state index in [4.69, 9.17) is 0 Å². The standard InChI is InChI=1S/C10H17NS/c1-8-11-9(7-12-8)5-6-10(2,3)4/h7H,5-6H2,1-4H3. The van der Waals surface area contributed by atoms with Gasteiger partial charge in [0.2, 0.25) is 0 Å². The van der Waals surface area contributed by atoms with Gasteiger partial charge in [-0.2, -0.15) is 0 Å². The molecular formula is C10H17NS. The molecule has 0 bridgehead atoms. The van der Waals surface area contributed by atoms with Gasteiger partial charge in [0.1, 0.15) is 0 Å². The summed E-state index contributed by atoms with van der Waals surface area (Å²) >= 11 is 1.74. The van der Waals surface area contributed by atoms with Crippen molar-refractivity contribution in [3.8, 4) is 0 Å². The summed E-state index contributed by atoms with van der Waals surface area (Å²) in [4.78, 5) is 4.43. The topological polar surface area (TPSA) is 12.9 Å². The zero-order chi connectivity index (χ0) is 9.19. The number of thiazole rings is 1. The van der Waals surface area contributed by atoms with Crippen LogP contribution in [0.3, 0.4) is 0 Å². The van der Waals surface area contributed by atoms with E-state index in [9.17, 15) is 0 Å². The third-order valence-corrected chi connectivity index (χ3v) is 2.62. The highest BCUT2D eigenvalue weighted by atomic mass is 32.1. The molecule has 1 aromatic heterocycles. The summed E-state index contributed by atoms with van der Waals surface area (Å²) in [6.45, 7) is 8.87. The molecule has 0 amide bonds. The van der Waals surface area contributed by atoms with Crippen LogP contribution >= 0.6 is 11.3 Å². The van der Waals surface area contributed by atoms with E-state index < -0.39 is 0 Å². The summed E-state index contributed by atoms with van der Waals surface area (Å²) in [5.74, 6) is 0. The molecule has 0 atom stereocenters. The predicted octanol–water partition coefficient (Wildman–Crippen LogP) is 3.43. The van der Waals surface area contributed by atoms with E-state index in [1.165, 1.54) is 17.1 Å². The summed E-state index contributed by atoms with van der Waals surface area (Å²) < 4.78 is 0. The first kappa shape index (κ1) is 9.72. The van der Waals surface area contributed by atoms with Crippen LogP contribution in [0.4, 0.5) is 0 Å². The summed E-state index contributed by atoms with van der Waals surface area (Å²) in [5.41, 5.74) is 1.68. The number of aromatic nitrogens is 1. The Morgan fingerprint density at radius 1 is 1.42 bits per heavy atom. The minimum atomic E-state index is 0.428. The maximum Gasteiger partial charge on any atom is 0.0897 e. The number of nitrogens with zero attached hydrogens (tertiary/aromatic N) is 1. The van der Waals surface area contributed by atoms with Gasteiger partial charge in [-0.25, -0.2) is 4.98 Å². The van der Waals surface area contributed by atoms with Crippen molar-refractivity contribution in [1.29, 1.82) is 0 Å². The molecule has 0 unspecified atom stereocenters. The molecule has 1 heterocycles. The fourth-order valence-electron chi connectivity index (χ4n) is 1.03. The van der Waals surface area contributed by atoms with Crippen molar-refractivity contribution in [2.45, 2.75) is 40.5 Å². The van der Waals surface area contributed by atoms with Crippen LogP contribution in [0, 0.1) is 12.3 Å². The van der Waals surface area contributed by atoms with Crippen LogP contribution in [0.25, 0.3) is 0 Å². The van der Waals surface area contributed by atoms with Crippen LogP contribution in [0.2, 0.25) is 0 Å².